The van der Waals surface area contributed by atoms with Crippen LogP contribution in [0.2, 0.25) is 0 Å². The zero-order valence-corrected chi connectivity index (χ0v) is 41.4. The Balaban J connectivity index is 1.08. The molecular formula is C51H46F6O18S2. The van der Waals surface area contributed by atoms with Crippen LogP contribution in [0.3, 0.4) is 0 Å². The molecule has 2 fully saturated rings. The molecule has 2 heterocycles. The second-order valence-corrected chi connectivity index (χ2v) is 22.9. The van der Waals surface area contributed by atoms with Crippen LogP contribution < -0.4 is 0 Å². The van der Waals surface area contributed by atoms with Crippen LogP contribution in [0.5, 0.6) is 0 Å². The van der Waals surface area contributed by atoms with Crippen LogP contribution >= 0.6 is 0 Å². The van der Waals surface area contributed by atoms with Crippen molar-refractivity contribution < 1.29 is 113 Å². The highest BCUT2D eigenvalue weighted by molar-refractivity contribution is 7.96. The van der Waals surface area contributed by atoms with Gasteiger partial charge in [-0.25, -0.2) is 26.4 Å². The highest BCUT2D eigenvalue weighted by Crippen LogP contribution is 2.68. The molecule has 10 N–H and O–H groups in total. The molecule has 0 radical (unpaired) electrons. The average molecular weight is 1130 g/mol. The summed E-state index contributed by atoms with van der Waals surface area (Å²) >= 11 is 0. The maximum atomic E-state index is 16.7. The molecule has 4 aromatic rings. The third-order valence-electron chi connectivity index (χ3n) is 14.6. The van der Waals surface area contributed by atoms with Gasteiger partial charge in [0.2, 0.25) is 19.7 Å². The van der Waals surface area contributed by atoms with E-state index in [0.717, 1.165) is 74.5 Å². The van der Waals surface area contributed by atoms with Crippen LogP contribution in [0.1, 0.15) is 58.5 Å². The Hall–Kier alpha value is -5.88. The Morgan fingerprint density at radius 3 is 1.00 bits per heavy atom. The molecule has 2 aliphatic heterocycles. The number of sulfone groups is 2. The van der Waals surface area contributed by atoms with Gasteiger partial charge in [0.25, 0.3) is 0 Å². The number of halogens is 6. The van der Waals surface area contributed by atoms with Crippen molar-refractivity contribution in [1.82, 2.24) is 0 Å². The van der Waals surface area contributed by atoms with Crippen LogP contribution in [0.15, 0.2) is 116 Å². The van der Waals surface area contributed by atoms with E-state index in [1.165, 1.54) is 24.3 Å². The minimum absolute atomic E-state index is 0.00430. The van der Waals surface area contributed by atoms with E-state index in [4.69, 9.17) is 9.47 Å². The zero-order chi connectivity index (χ0) is 56.5. The molecule has 5 aliphatic rings. The number of aliphatic hydroxyl groups excluding tert-OH is 10. The van der Waals surface area contributed by atoms with Gasteiger partial charge in [-0.3, -0.25) is 0 Å². The lowest BCUT2D eigenvalue weighted by Crippen LogP contribution is -2.64. The molecule has 4 aromatic carbocycles. The normalized spacial score (nSPS) is 31.5. The molecule has 12 atom stereocenters. The molecule has 0 aromatic heterocycles. The van der Waals surface area contributed by atoms with Gasteiger partial charge in [0.15, 0.2) is 12.2 Å². The molecule has 2 saturated carbocycles. The average Bonchev–Trinajstić information content (AvgIpc) is 4.07. The standard InChI is InChI=1S/C51H46F6O18S2/c1-3-27-31(25-15-13-23(17-29(25)76(27,70)71)19-5-9-21(10-6-19)47(68)74-45-41(64)37(60)35(58)38(61)42(45)65)33-34(50(54,55)51(56,57)49(33,52)53)32-26-16-14-24(18-30(26)77(72,73)28(32)4-2)20-7-11-22(12-8-20)48(69)75-46-43(66)39(62)36(59)40(63)44(46)67/h5-18,35-46,58-67H,3-4H2,1-2H3/t35-,36-,37-,38+,39-,40+,41+,42-,43+,44-,45-,46+. The van der Waals surface area contributed by atoms with Crippen molar-refractivity contribution in [2.45, 2.75) is 127 Å². The van der Waals surface area contributed by atoms with Gasteiger partial charge >= 0.3 is 29.7 Å². The van der Waals surface area contributed by atoms with E-state index in [1.54, 1.807) is 0 Å². The monoisotopic (exact) mass is 1120 g/mol. The molecule has 412 valence electrons. The largest absolute Gasteiger partial charge is 0.453 e. The molecule has 26 heteroatoms. The van der Waals surface area contributed by atoms with E-state index in [0.29, 0.717) is 0 Å². The van der Waals surface area contributed by atoms with E-state index in [-0.39, 0.29) is 33.4 Å². The number of hydrogen-bond donors (Lipinski definition) is 10. The summed E-state index contributed by atoms with van der Waals surface area (Å²) in [4.78, 5) is 22.5. The second kappa shape index (κ2) is 19.2. The number of ether oxygens (including phenoxy) is 2. The Morgan fingerprint density at radius 1 is 0.442 bits per heavy atom. The molecule has 77 heavy (non-hydrogen) atoms. The number of alkyl halides is 6. The summed E-state index contributed by atoms with van der Waals surface area (Å²) in [7, 11) is -9.97. The number of fused-ring (bicyclic) bond motifs is 2. The number of carbonyl (C=O) groups is 2. The second-order valence-electron chi connectivity index (χ2n) is 19.0. The Kier molecular flexibility index (Phi) is 13.9. The molecular weight excluding hydrogens is 1080 g/mol. The van der Waals surface area contributed by atoms with Crippen molar-refractivity contribution in [3.05, 3.63) is 128 Å². The highest BCUT2D eigenvalue weighted by Gasteiger charge is 2.81. The van der Waals surface area contributed by atoms with E-state index in [1.807, 2.05) is 0 Å². The third kappa shape index (κ3) is 8.29. The van der Waals surface area contributed by atoms with Crippen molar-refractivity contribution >= 4 is 42.8 Å². The summed E-state index contributed by atoms with van der Waals surface area (Å²) in [5, 5.41) is 101. The fourth-order valence-corrected chi connectivity index (χ4v) is 14.2. The van der Waals surface area contributed by atoms with E-state index >= 15 is 26.3 Å². The first-order valence-electron chi connectivity index (χ1n) is 23.5. The number of benzene rings is 4. The van der Waals surface area contributed by atoms with Crippen molar-refractivity contribution in [1.29, 1.82) is 0 Å². The van der Waals surface area contributed by atoms with E-state index in [9.17, 15) is 77.5 Å². The molecule has 3 aliphatic carbocycles. The summed E-state index contributed by atoms with van der Waals surface area (Å²) < 4.78 is 166. The number of rotatable bonds is 10. The first kappa shape index (κ1) is 55.9. The topological polar surface area (TPSA) is 323 Å². The molecule has 0 bridgehead atoms. The lowest BCUT2D eigenvalue weighted by atomic mass is 9.85. The molecule has 0 saturated heterocycles. The van der Waals surface area contributed by atoms with Crippen LogP contribution in [-0.4, -0.2) is 171 Å². The first-order chi connectivity index (χ1) is 35.9. The van der Waals surface area contributed by atoms with Crippen molar-refractivity contribution in [2.75, 3.05) is 0 Å². The molecule has 0 amide bonds. The number of hydrogen-bond acceptors (Lipinski definition) is 18. The molecule has 9 rings (SSSR count). The van der Waals surface area contributed by atoms with Gasteiger partial charge in [-0.05, 0) is 71.5 Å². The van der Waals surface area contributed by atoms with Gasteiger partial charge in [0.05, 0.1) is 30.7 Å². The Bertz CT molecular complexity index is 3180. The van der Waals surface area contributed by atoms with Gasteiger partial charge in [0.1, 0.15) is 61.0 Å². The quantitative estimate of drug-likeness (QED) is 0.0805. The number of allylic oxidation sites excluding steroid dienone is 6. The minimum Gasteiger partial charge on any atom is -0.453 e. The maximum Gasteiger partial charge on any atom is 0.380 e. The molecule has 0 unspecified atom stereocenters. The Morgan fingerprint density at radius 2 is 0.714 bits per heavy atom. The summed E-state index contributed by atoms with van der Waals surface area (Å²) in [6, 6.07) is 15.5. The lowest BCUT2D eigenvalue weighted by Gasteiger charge is -2.41. The van der Waals surface area contributed by atoms with Crippen LogP contribution in [0.25, 0.3) is 33.4 Å². The van der Waals surface area contributed by atoms with Crippen LogP contribution in [0, 0.1) is 0 Å². The zero-order valence-electron chi connectivity index (χ0n) is 39.7. The first-order valence-corrected chi connectivity index (χ1v) is 26.4. The third-order valence-corrected chi connectivity index (χ3v) is 18.8. The summed E-state index contributed by atoms with van der Waals surface area (Å²) in [6.45, 7) is 2.29. The summed E-state index contributed by atoms with van der Waals surface area (Å²) in [6.07, 6.45) is -25.4. The highest BCUT2D eigenvalue weighted by atomic mass is 32.2. The predicted octanol–water partition coefficient (Wildman–Crippen LogP) is 2.44. The van der Waals surface area contributed by atoms with E-state index < -0.39 is 188 Å². The van der Waals surface area contributed by atoms with Crippen LogP contribution in [0.4, 0.5) is 26.3 Å². The van der Waals surface area contributed by atoms with E-state index in [2.05, 4.69) is 0 Å². The van der Waals surface area contributed by atoms with Crippen LogP contribution in [-0.2, 0) is 29.1 Å². The fraction of sp³-hybridized carbons (Fsp3) is 0.373. The Labute approximate surface area is 432 Å². The number of carbonyl (C=O) groups excluding carboxylic acids is 2. The van der Waals surface area contributed by atoms with Crippen molar-refractivity contribution in [3.8, 4) is 22.3 Å². The lowest BCUT2D eigenvalue weighted by molar-refractivity contribution is -0.263. The number of aliphatic hydroxyl groups is 10. The van der Waals surface area contributed by atoms with Gasteiger partial charge in [-0.15, -0.1) is 0 Å². The predicted molar refractivity (Wildman–Crippen MR) is 253 cm³/mol. The number of esters is 2. The van der Waals surface area contributed by atoms with Gasteiger partial charge in [-0.1, -0.05) is 62.4 Å². The summed E-state index contributed by atoms with van der Waals surface area (Å²) in [5.41, 5.74) is -8.32. The SMILES string of the molecule is CCC1=C(C2=C(C3=C(CC)S(=O)(=O)c4cc(-c5ccc(C(=O)O[C@H]6[C@H](O)[C@@H](O)[C@H](O)[C@@H](O)[C@@H]6O)cc5)ccc43)C(F)(F)C(F)(F)C2(F)F)c2ccc(-c3ccc(C(=O)O[C@@H]4[C@H](O)[C@@H](O)[C@H](O)[C@@H](O)[C@@H]4O)cc3)cc2S1(=O)=O. The van der Waals surface area contributed by atoms with Crippen molar-refractivity contribution in [2.24, 2.45) is 0 Å². The van der Waals surface area contributed by atoms with Gasteiger partial charge in [0, 0.05) is 33.4 Å². The van der Waals surface area contributed by atoms with Gasteiger partial charge < -0.3 is 60.5 Å². The molecule has 0 spiro atoms. The maximum absolute atomic E-state index is 16.7. The smallest absolute Gasteiger partial charge is 0.380 e. The molecule has 18 nitrogen and oxygen atoms in total. The minimum atomic E-state index is -6.28. The fourth-order valence-electron chi connectivity index (χ4n) is 10.4. The van der Waals surface area contributed by atoms with Gasteiger partial charge in [-0.2, -0.15) is 26.3 Å². The van der Waals surface area contributed by atoms with Crippen molar-refractivity contribution in [3.63, 3.8) is 0 Å². The summed E-state index contributed by atoms with van der Waals surface area (Å²) in [5.74, 6) is -20.4.